The zero-order chi connectivity index (χ0) is 13.2. The van der Waals surface area contributed by atoms with Crippen molar-refractivity contribution in [2.75, 3.05) is 14.1 Å². The van der Waals surface area contributed by atoms with Crippen LogP contribution in [0.15, 0.2) is 30.3 Å². The van der Waals surface area contributed by atoms with E-state index in [9.17, 15) is 9.90 Å². The summed E-state index contributed by atoms with van der Waals surface area (Å²) in [5.74, 6) is -0.169. The number of carbonyl (C=O) groups is 1. The Morgan fingerprint density at radius 1 is 1.22 bits per heavy atom. The van der Waals surface area contributed by atoms with Crippen LogP contribution in [0.3, 0.4) is 0 Å². The molecule has 1 N–H and O–H groups in total. The lowest BCUT2D eigenvalue weighted by atomic mass is 9.73. The SMILES string of the molecule is CN(C)C1(C(=O)O)CCC(c2ccccc2)CC1. The predicted octanol–water partition coefficient (Wildman–Crippen LogP) is 2.73. The summed E-state index contributed by atoms with van der Waals surface area (Å²) in [6, 6.07) is 10.4. The van der Waals surface area contributed by atoms with Crippen LogP contribution in [-0.4, -0.2) is 35.6 Å². The first kappa shape index (κ1) is 13.1. The molecule has 0 aliphatic heterocycles. The molecule has 3 heteroatoms. The van der Waals surface area contributed by atoms with E-state index < -0.39 is 11.5 Å². The minimum atomic E-state index is -0.681. The Morgan fingerprint density at radius 3 is 2.22 bits per heavy atom. The number of likely N-dealkylation sites (N-methyl/N-ethyl adjacent to an activating group) is 1. The smallest absolute Gasteiger partial charge is 0.324 e. The van der Waals surface area contributed by atoms with Gasteiger partial charge in [-0.25, -0.2) is 0 Å². The van der Waals surface area contributed by atoms with E-state index in [-0.39, 0.29) is 0 Å². The van der Waals surface area contributed by atoms with Crippen LogP contribution in [0.5, 0.6) is 0 Å². The van der Waals surface area contributed by atoms with Crippen LogP contribution in [0.4, 0.5) is 0 Å². The van der Waals surface area contributed by atoms with Gasteiger partial charge in [0.15, 0.2) is 0 Å². The monoisotopic (exact) mass is 247 g/mol. The molecule has 1 aromatic rings. The van der Waals surface area contributed by atoms with Crippen LogP contribution in [0.25, 0.3) is 0 Å². The third-order valence-corrected chi connectivity index (χ3v) is 4.34. The van der Waals surface area contributed by atoms with Gasteiger partial charge in [0.05, 0.1) is 0 Å². The van der Waals surface area contributed by atoms with Crippen LogP contribution < -0.4 is 0 Å². The van der Waals surface area contributed by atoms with Crippen LogP contribution in [0, 0.1) is 0 Å². The topological polar surface area (TPSA) is 40.5 Å². The second-order valence-corrected chi connectivity index (χ2v) is 5.42. The first-order valence-corrected chi connectivity index (χ1v) is 6.52. The van der Waals surface area contributed by atoms with Crippen molar-refractivity contribution in [3.63, 3.8) is 0 Å². The Bertz CT molecular complexity index is 406. The summed E-state index contributed by atoms with van der Waals surface area (Å²) in [6.07, 6.45) is 3.37. The standard InChI is InChI=1S/C15H21NO2/c1-16(2)15(14(17)18)10-8-13(9-11-15)12-6-4-3-5-7-12/h3-7,13H,8-11H2,1-2H3,(H,17,18). The van der Waals surface area contributed by atoms with Gasteiger partial charge in [0.25, 0.3) is 0 Å². The molecule has 0 saturated heterocycles. The third kappa shape index (κ3) is 2.27. The summed E-state index contributed by atoms with van der Waals surface area (Å²) in [6.45, 7) is 0. The number of benzene rings is 1. The molecule has 3 nitrogen and oxygen atoms in total. The van der Waals surface area contributed by atoms with Gasteiger partial charge in [-0.3, -0.25) is 9.69 Å². The summed E-state index contributed by atoms with van der Waals surface area (Å²) in [4.78, 5) is 13.4. The number of carboxylic acid groups (broad SMARTS) is 1. The summed E-state index contributed by atoms with van der Waals surface area (Å²) in [5.41, 5.74) is 0.681. The lowest BCUT2D eigenvalue weighted by Gasteiger charge is -2.41. The average molecular weight is 247 g/mol. The molecule has 1 saturated carbocycles. The fourth-order valence-corrected chi connectivity index (χ4v) is 3.01. The zero-order valence-corrected chi connectivity index (χ0v) is 11.1. The quantitative estimate of drug-likeness (QED) is 0.892. The van der Waals surface area contributed by atoms with Crippen molar-refractivity contribution in [3.8, 4) is 0 Å². The molecule has 1 aliphatic carbocycles. The fraction of sp³-hybridized carbons (Fsp3) is 0.533. The maximum atomic E-state index is 11.5. The second-order valence-electron chi connectivity index (χ2n) is 5.42. The fourth-order valence-electron chi connectivity index (χ4n) is 3.01. The van der Waals surface area contributed by atoms with E-state index in [0.717, 1.165) is 25.7 Å². The first-order valence-electron chi connectivity index (χ1n) is 6.52. The molecule has 1 fully saturated rings. The summed E-state index contributed by atoms with van der Waals surface area (Å²) < 4.78 is 0. The first-order chi connectivity index (χ1) is 8.56. The number of nitrogens with zero attached hydrogens (tertiary/aromatic N) is 1. The molecule has 0 bridgehead atoms. The zero-order valence-electron chi connectivity index (χ0n) is 11.1. The highest BCUT2D eigenvalue weighted by atomic mass is 16.4. The lowest BCUT2D eigenvalue weighted by molar-refractivity contribution is -0.152. The van der Waals surface area contributed by atoms with Gasteiger partial charge in [-0.05, 0) is 51.3 Å². The lowest BCUT2D eigenvalue weighted by Crippen LogP contribution is -2.53. The van der Waals surface area contributed by atoms with Gasteiger partial charge in [-0.1, -0.05) is 30.3 Å². The normalized spacial score (nSPS) is 28.3. The Kier molecular flexibility index (Phi) is 3.71. The molecule has 1 aromatic carbocycles. The Morgan fingerprint density at radius 2 is 1.78 bits per heavy atom. The van der Waals surface area contributed by atoms with Crippen LogP contribution in [-0.2, 0) is 4.79 Å². The van der Waals surface area contributed by atoms with Crippen molar-refractivity contribution in [1.82, 2.24) is 4.90 Å². The van der Waals surface area contributed by atoms with Crippen molar-refractivity contribution in [2.45, 2.75) is 37.1 Å². The van der Waals surface area contributed by atoms with Crippen molar-refractivity contribution < 1.29 is 9.90 Å². The van der Waals surface area contributed by atoms with E-state index in [4.69, 9.17) is 0 Å². The molecule has 1 aliphatic rings. The van der Waals surface area contributed by atoms with E-state index >= 15 is 0 Å². The number of carboxylic acids is 1. The Hall–Kier alpha value is -1.35. The van der Waals surface area contributed by atoms with Crippen molar-refractivity contribution >= 4 is 5.97 Å². The molecule has 0 radical (unpaired) electrons. The molecule has 0 heterocycles. The Labute approximate surface area is 108 Å². The molecule has 98 valence electrons. The number of hydrogen-bond donors (Lipinski definition) is 1. The van der Waals surface area contributed by atoms with Crippen LogP contribution in [0.2, 0.25) is 0 Å². The maximum absolute atomic E-state index is 11.5. The molecule has 0 amide bonds. The molecular formula is C15H21NO2. The largest absolute Gasteiger partial charge is 0.480 e. The average Bonchev–Trinajstić information content (AvgIpc) is 2.39. The van der Waals surface area contributed by atoms with E-state index in [1.54, 1.807) is 0 Å². The van der Waals surface area contributed by atoms with E-state index in [1.165, 1.54) is 5.56 Å². The van der Waals surface area contributed by atoms with Crippen molar-refractivity contribution in [1.29, 1.82) is 0 Å². The highest BCUT2D eigenvalue weighted by molar-refractivity contribution is 5.78. The van der Waals surface area contributed by atoms with E-state index in [2.05, 4.69) is 24.3 Å². The Balaban J connectivity index is 2.10. The molecule has 18 heavy (non-hydrogen) atoms. The number of aliphatic carboxylic acids is 1. The third-order valence-electron chi connectivity index (χ3n) is 4.34. The molecule has 0 aromatic heterocycles. The summed E-state index contributed by atoms with van der Waals surface area (Å²) in [5, 5.41) is 9.47. The van der Waals surface area contributed by atoms with Gasteiger partial charge in [-0.15, -0.1) is 0 Å². The van der Waals surface area contributed by atoms with E-state index in [1.807, 2.05) is 25.1 Å². The number of hydrogen-bond acceptors (Lipinski definition) is 2. The van der Waals surface area contributed by atoms with Gasteiger partial charge < -0.3 is 5.11 Å². The van der Waals surface area contributed by atoms with Crippen LogP contribution >= 0.6 is 0 Å². The summed E-state index contributed by atoms with van der Waals surface area (Å²) >= 11 is 0. The molecule has 2 rings (SSSR count). The van der Waals surface area contributed by atoms with Gasteiger partial charge >= 0.3 is 5.97 Å². The minimum absolute atomic E-state index is 0.513. The maximum Gasteiger partial charge on any atom is 0.324 e. The van der Waals surface area contributed by atoms with Crippen molar-refractivity contribution in [2.24, 2.45) is 0 Å². The van der Waals surface area contributed by atoms with Crippen LogP contribution in [0.1, 0.15) is 37.2 Å². The molecule has 0 unspecified atom stereocenters. The second kappa shape index (κ2) is 5.11. The highest BCUT2D eigenvalue weighted by Gasteiger charge is 2.43. The summed E-state index contributed by atoms with van der Waals surface area (Å²) in [7, 11) is 3.74. The minimum Gasteiger partial charge on any atom is -0.480 e. The van der Waals surface area contributed by atoms with Crippen molar-refractivity contribution in [3.05, 3.63) is 35.9 Å². The van der Waals surface area contributed by atoms with Gasteiger partial charge in [0.2, 0.25) is 0 Å². The van der Waals surface area contributed by atoms with Gasteiger partial charge in [0, 0.05) is 0 Å². The molecular weight excluding hydrogens is 226 g/mol. The van der Waals surface area contributed by atoms with E-state index in [0.29, 0.717) is 5.92 Å². The van der Waals surface area contributed by atoms with Gasteiger partial charge in [0.1, 0.15) is 5.54 Å². The molecule has 0 spiro atoms. The number of rotatable bonds is 3. The highest BCUT2D eigenvalue weighted by Crippen LogP contribution is 2.40. The van der Waals surface area contributed by atoms with Gasteiger partial charge in [-0.2, -0.15) is 0 Å². The predicted molar refractivity (Wildman–Crippen MR) is 71.7 cm³/mol. The molecule has 0 atom stereocenters.